The van der Waals surface area contributed by atoms with Gasteiger partial charge in [0.1, 0.15) is 12.6 Å². The number of carbonyl (C=O) groups is 2. The summed E-state index contributed by atoms with van der Waals surface area (Å²) in [4.78, 5) is 28.9. The quantitative estimate of drug-likeness (QED) is 0.341. The van der Waals surface area contributed by atoms with Crippen molar-refractivity contribution in [1.82, 2.24) is 10.2 Å². The lowest BCUT2D eigenvalue weighted by atomic mass is 10.1. The number of hydrogen-bond acceptors (Lipinski definition) is 4. The summed E-state index contributed by atoms with van der Waals surface area (Å²) in [5.41, 5.74) is 3.19. The first kappa shape index (κ1) is 29.9. The number of nitrogens with zero attached hydrogens (tertiary/aromatic N) is 2. The first-order chi connectivity index (χ1) is 18.5. The molecule has 0 spiro atoms. The molecule has 1 atom stereocenters. The normalized spacial score (nSPS) is 12.2. The van der Waals surface area contributed by atoms with Crippen LogP contribution in [0.25, 0.3) is 0 Å². The van der Waals surface area contributed by atoms with Gasteiger partial charge in [-0.25, -0.2) is 8.42 Å². The van der Waals surface area contributed by atoms with Gasteiger partial charge in [0.25, 0.3) is 10.0 Å². The Kier molecular flexibility index (Phi) is 10.3. The van der Waals surface area contributed by atoms with E-state index in [1.165, 1.54) is 4.90 Å². The molecular formula is C31H39N3O4S. The summed E-state index contributed by atoms with van der Waals surface area (Å²) in [5, 5.41) is 2.95. The van der Waals surface area contributed by atoms with E-state index < -0.39 is 28.5 Å². The third-order valence-corrected chi connectivity index (χ3v) is 8.39. The minimum atomic E-state index is -4.07. The summed E-state index contributed by atoms with van der Waals surface area (Å²) in [6.07, 6.45) is 0.387. The zero-order valence-corrected chi connectivity index (χ0v) is 24.2. The van der Waals surface area contributed by atoms with Crippen molar-refractivity contribution in [1.29, 1.82) is 0 Å². The van der Waals surface area contributed by atoms with Gasteiger partial charge in [-0.15, -0.1) is 0 Å². The molecule has 3 rings (SSSR count). The van der Waals surface area contributed by atoms with Crippen LogP contribution < -0.4 is 9.62 Å². The highest BCUT2D eigenvalue weighted by molar-refractivity contribution is 7.92. The van der Waals surface area contributed by atoms with Crippen LogP contribution in [-0.4, -0.2) is 44.3 Å². The Hall–Kier alpha value is -3.65. The predicted octanol–water partition coefficient (Wildman–Crippen LogP) is 5.08. The van der Waals surface area contributed by atoms with Gasteiger partial charge in [0, 0.05) is 13.1 Å². The van der Waals surface area contributed by atoms with Crippen molar-refractivity contribution in [2.45, 2.75) is 58.5 Å². The maximum Gasteiger partial charge on any atom is 0.264 e. The number of anilines is 1. The lowest BCUT2D eigenvalue weighted by Crippen LogP contribution is -2.52. The molecule has 0 radical (unpaired) electrons. The Labute approximate surface area is 232 Å². The van der Waals surface area contributed by atoms with E-state index in [0.29, 0.717) is 18.7 Å². The van der Waals surface area contributed by atoms with Crippen molar-refractivity contribution >= 4 is 27.5 Å². The van der Waals surface area contributed by atoms with Crippen LogP contribution in [0.3, 0.4) is 0 Å². The number of para-hydroxylation sites is 1. The molecule has 0 saturated carbocycles. The number of hydrogen-bond donors (Lipinski definition) is 1. The van der Waals surface area contributed by atoms with Crippen molar-refractivity contribution in [3.8, 4) is 0 Å². The average molecular weight is 550 g/mol. The number of benzene rings is 3. The summed E-state index contributed by atoms with van der Waals surface area (Å²) in [6.45, 7) is 9.93. The lowest BCUT2D eigenvalue weighted by Gasteiger charge is -2.33. The smallest absolute Gasteiger partial charge is 0.264 e. The van der Waals surface area contributed by atoms with Crippen LogP contribution in [0.15, 0.2) is 83.8 Å². The SMILES string of the molecule is CC[C@H](C(=O)NCC(C)C)N(Cc1ccccc1C)C(=O)CN(c1ccccc1)S(=O)(=O)c1ccc(C)cc1. The molecule has 2 amide bonds. The van der Waals surface area contributed by atoms with Crippen molar-refractivity contribution < 1.29 is 18.0 Å². The monoisotopic (exact) mass is 549 g/mol. The number of sulfonamides is 1. The van der Waals surface area contributed by atoms with Gasteiger partial charge < -0.3 is 10.2 Å². The largest absolute Gasteiger partial charge is 0.354 e. The Balaban J connectivity index is 2.03. The van der Waals surface area contributed by atoms with Crippen LogP contribution in [0.4, 0.5) is 5.69 Å². The molecule has 3 aromatic rings. The second kappa shape index (κ2) is 13.4. The number of nitrogens with one attached hydrogen (secondary N) is 1. The highest BCUT2D eigenvalue weighted by atomic mass is 32.2. The van der Waals surface area contributed by atoms with Crippen LogP contribution in [-0.2, 0) is 26.2 Å². The Morgan fingerprint density at radius 3 is 2.08 bits per heavy atom. The Morgan fingerprint density at radius 2 is 1.49 bits per heavy atom. The van der Waals surface area contributed by atoms with Gasteiger partial charge in [0.05, 0.1) is 10.6 Å². The second-order valence-electron chi connectivity index (χ2n) is 10.2. The molecule has 39 heavy (non-hydrogen) atoms. The molecule has 3 aromatic carbocycles. The molecule has 0 bridgehead atoms. The fourth-order valence-electron chi connectivity index (χ4n) is 4.27. The highest BCUT2D eigenvalue weighted by Crippen LogP contribution is 2.25. The molecule has 0 aliphatic rings. The predicted molar refractivity (Wildman–Crippen MR) is 156 cm³/mol. The topological polar surface area (TPSA) is 86.8 Å². The van der Waals surface area contributed by atoms with Crippen molar-refractivity contribution in [3.63, 3.8) is 0 Å². The first-order valence-corrected chi connectivity index (χ1v) is 14.7. The molecule has 0 fully saturated rings. The number of carbonyl (C=O) groups excluding carboxylic acids is 2. The van der Waals surface area contributed by atoms with E-state index in [1.54, 1.807) is 54.6 Å². The fraction of sp³-hybridized carbons (Fsp3) is 0.355. The summed E-state index contributed by atoms with van der Waals surface area (Å²) in [7, 11) is -4.07. The van der Waals surface area contributed by atoms with Gasteiger partial charge in [-0.05, 0) is 61.6 Å². The molecule has 0 aliphatic heterocycles. The third kappa shape index (κ3) is 7.69. The third-order valence-electron chi connectivity index (χ3n) is 6.60. The van der Waals surface area contributed by atoms with Crippen LogP contribution in [0.2, 0.25) is 0 Å². The van der Waals surface area contributed by atoms with E-state index in [-0.39, 0.29) is 23.3 Å². The van der Waals surface area contributed by atoms with Crippen molar-refractivity contribution in [2.24, 2.45) is 5.92 Å². The van der Waals surface area contributed by atoms with Gasteiger partial charge in [0.2, 0.25) is 11.8 Å². The van der Waals surface area contributed by atoms with Crippen LogP contribution >= 0.6 is 0 Å². The number of aryl methyl sites for hydroxylation is 2. The van der Waals surface area contributed by atoms with E-state index >= 15 is 0 Å². The summed E-state index contributed by atoms with van der Waals surface area (Å²) >= 11 is 0. The molecular weight excluding hydrogens is 510 g/mol. The van der Waals surface area contributed by atoms with Gasteiger partial charge in [-0.1, -0.05) is 80.9 Å². The van der Waals surface area contributed by atoms with Crippen molar-refractivity contribution in [3.05, 3.63) is 95.6 Å². The number of rotatable bonds is 12. The average Bonchev–Trinajstić information content (AvgIpc) is 2.92. The van der Waals surface area contributed by atoms with Gasteiger partial charge in [0.15, 0.2) is 0 Å². The summed E-state index contributed by atoms with van der Waals surface area (Å²) in [5.74, 6) is -0.453. The van der Waals surface area contributed by atoms with Gasteiger partial charge >= 0.3 is 0 Å². The lowest BCUT2D eigenvalue weighted by molar-refractivity contribution is -0.140. The molecule has 208 valence electrons. The first-order valence-electron chi connectivity index (χ1n) is 13.3. The van der Waals surface area contributed by atoms with E-state index in [4.69, 9.17) is 0 Å². The zero-order valence-electron chi connectivity index (χ0n) is 23.4. The highest BCUT2D eigenvalue weighted by Gasteiger charge is 2.33. The molecule has 0 heterocycles. The summed E-state index contributed by atoms with van der Waals surface area (Å²) < 4.78 is 28.8. The minimum absolute atomic E-state index is 0.0944. The van der Waals surface area contributed by atoms with E-state index in [0.717, 1.165) is 21.0 Å². The molecule has 1 N–H and O–H groups in total. The van der Waals surface area contributed by atoms with E-state index in [2.05, 4.69) is 5.32 Å². The van der Waals surface area contributed by atoms with Crippen LogP contribution in [0.5, 0.6) is 0 Å². The maximum absolute atomic E-state index is 14.1. The maximum atomic E-state index is 14.1. The molecule has 0 unspecified atom stereocenters. The van der Waals surface area contributed by atoms with Crippen molar-refractivity contribution in [2.75, 3.05) is 17.4 Å². The standard InChI is InChI=1S/C31H39N3O4S/c1-6-29(31(36)32-20-23(2)3)33(21-26-13-11-10-12-25(26)5)30(35)22-34(27-14-8-7-9-15-27)39(37,38)28-18-16-24(4)17-19-28/h7-19,23,29H,6,20-22H2,1-5H3,(H,32,36)/t29-/m1/s1. The van der Waals surface area contributed by atoms with Crippen LogP contribution in [0.1, 0.15) is 43.9 Å². The fourth-order valence-corrected chi connectivity index (χ4v) is 5.69. The Morgan fingerprint density at radius 1 is 0.872 bits per heavy atom. The second-order valence-corrected chi connectivity index (χ2v) is 12.0. The van der Waals surface area contributed by atoms with Gasteiger partial charge in [-0.3, -0.25) is 13.9 Å². The molecule has 8 heteroatoms. The Bertz CT molecular complexity index is 1360. The molecule has 0 aliphatic carbocycles. The van der Waals surface area contributed by atoms with Crippen LogP contribution in [0, 0.1) is 19.8 Å². The zero-order chi connectivity index (χ0) is 28.6. The number of amides is 2. The van der Waals surface area contributed by atoms with E-state index in [9.17, 15) is 18.0 Å². The molecule has 0 aromatic heterocycles. The minimum Gasteiger partial charge on any atom is -0.354 e. The van der Waals surface area contributed by atoms with E-state index in [1.807, 2.05) is 58.9 Å². The molecule has 0 saturated heterocycles. The van der Waals surface area contributed by atoms with Gasteiger partial charge in [-0.2, -0.15) is 0 Å². The summed E-state index contributed by atoms with van der Waals surface area (Å²) in [6, 6.07) is 22.1. The molecule has 7 nitrogen and oxygen atoms in total.